The van der Waals surface area contributed by atoms with Gasteiger partial charge in [0.25, 0.3) is 0 Å². The van der Waals surface area contributed by atoms with E-state index >= 15 is 0 Å². The number of benzene rings is 2. The van der Waals surface area contributed by atoms with E-state index in [4.69, 9.17) is 29.8 Å². The minimum Gasteiger partial charge on any atom is -0.0619 e. The van der Waals surface area contributed by atoms with E-state index in [1.165, 1.54) is 7.14 Å². The van der Waals surface area contributed by atoms with Crippen molar-refractivity contribution >= 4 is 7.82 Å². The first-order valence-corrected chi connectivity index (χ1v) is 12.8. The van der Waals surface area contributed by atoms with Gasteiger partial charge in [-0.15, -0.1) is 0 Å². The molecule has 0 atom stereocenters. The summed E-state index contributed by atoms with van der Waals surface area (Å²) in [5.41, 5.74) is 0. The molecule has 0 spiro atoms. The van der Waals surface area contributed by atoms with Crippen molar-refractivity contribution in [2.45, 2.75) is 0 Å². The molecule has 0 heterocycles. The standard InChI is InChI=1S/C12H10I.H3O4P.3O.W/c1-3-7-11(8-4-1)13-12-9-5-2-6-10-12;1-5(2,3)4;;;;/h1-10H;(H3,1,2,3,4);;;;/q+1;;;;-1;. The fourth-order valence-electron chi connectivity index (χ4n) is 1.08. The smallest absolute Gasteiger partial charge is 0.0619 e. The second kappa shape index (κ2) is 12.0. The maximum absolute atomic E-state index is 8.88. The third-order valence-electron chi connectivity index (χ3n) is 1.68. The van der Waals surface area contributed by atoms with Gasteiger partial charge in [-0.1, -0.05) is 36.4 Å². The van der Waals surface area contributed by atoms with E-state index in [0.29, 0.717) is 0 Å². The van der Waals surface area contributed by atoms with E-state index in [0.717, 1.165) is 0 Å². The Balaban J connectivity index is 0.000000411. The molecular formula is C12H13IO7PW. The number of hydrogen-bond donors (Lipinski definition) is 3. The zero-order chi connectivity index (χ0) is 17.0. The average molecular weight is 611 g/mol. The number of halogens is 1. The molecule has 0 bridgehead atoms. The molecule has 0 amide bonds. The minimum absolute atomic E-state index is 0.0287. The summed E-state index contributed by atoms with van der Waals surface area (Å²) in [7, 11) is -4.64. The molecule has 2 aromatic rings. The summed E-state index contributed by atoms with van der Waals surface area (Å²) in [5.74, 6) is 0. The van der Waals surface area contributed by atoms with Crippen LogP contribution in [0.1, 0.15) is 0 Å². The van der Waals surface area contributed by atoms with E-state index in [-0.39, 0.29) is 21.2 Å². The monoisotopic (exact) mass is 611 g/mol. The first-order chi connectivity index (χ1) is 10.2. The van der Waals surface area contributed by atoms with Crippen LogP contribution in [0.15, 0.2) is 60.7 Å². The first-order valence-electron chi connectivity index (χ1n) is 5.48. The summed E-state index contributed by atoms with van der Waals surface area (Å²) in [4.78, 5) is 21.6. The van der Waals surface area contributed by atoms with Crippen LogP contribution in [-0.2, 0) is 29.0 Å². The van der Waals surface area contributed by atoms with Crippen LogP contribution in [-0.4, -0.2) is 14.7 Å². The van der Waals surface area contributed by atoms with E-state index in [1.54, 1.807) is 0 Å². The van der Waals surface area contributed by atoms with Gasteiger partial charge in [-0.3, -0.25) is 0 Å². The van der Waals surface area contributed by atoms with Crippen molar-refractivity contribution in [3.05, 3.63) is 67.8 Å². The van der Waals surface area contributed by atoms with Crippen molar-refractivity contribution < 1.29 is 68.6 Å². The van der Waals surface area contributed by atoms with Crippen molar-refractivity contribution in [3.63, 3.8) is 0 Å². The van der Waals surface area contributed by atoms with Crippen LogP contribution in [0.5, 0.6) is 0 Å². The molecular weight excluding hydrogens is 598 g/mol. The molecule has 0 aromatic heterocycles. The number of hydrogen-bond acceptors (Lipinski definition) is 4. The van der Waals surface area contributed by atoms with Crippen LogP contribution in [0, 0.1) is 7.14 Å². The molecule has 121 valence electrons. The van der Waals surface area contributed by atoms with Gasteiger partial charge in [0.2, 0.25) is 0 Å². The Morgan fingerprint density at radius 1 is 0.818 bits per heavy atom. The fourth-order valence-corrected chi connectivity index (χ4v) is 3.35. The number of phosphoric acid groups is 1. The molecule has 2 rings (SSSR count). The Hall–Kier alpha value is -0.472. The van der Waals surface area contributed by atoms with Gasteiger partial charge in [-0.05, 0) is 24.3 Å². The van der Waals surface area contributed by atoms with Crippen LogP contribution in [0.4, 0.5) is 0 Å². The number of rotatable bonds is 2. The Morgan fingerprint density at radius 2 is 1.05 bits per heavy atom. The van der Waals surface area contributed by atoms with E-state index < -0.39 is 25.4 Å². The zero-order valence-corrected chi connectivity index (χ0v) is 17.0. The normalized spacial score (nSPS) is 9.64. The van der Waals surface area contributed by atoms with Crippen LogP contribution in [0.2, 0.25) is 0 Å². The molecule has 10 heteroatoms. The average Bonchev–Trinajstić information content (AvgIpc) is 2.38. The third-order valence-corrected chi connectivity index (χ3v) is 4.37. The van der Waals surface area contributed by atoms with E-state index in [2.05, 4.69) is 60.7 Å². The zero-order valence-electron chi connectivity index (χ0n) is 11.0. The van der Waals surface area contributed by atoms with Gasteiger partial charge >= 0.3 is 57.2 Å². The predicted molar refractivity (Wildman–Crippen MR) is 65.9 cm³/mol. The third kappa shape index (κ3) is 17.6. The second-order valence-electron chi connectivity index (χ2n) is 3.40. The summed E-state index contributed by atoms with van der Waals surface area (Å²) in [5, 5.41) is 0. The van der Waals surface area contributed by atoms with Gasteiger partial charge in [-0.2, -0.15) is 0 Å². The Kier molecular flexibility index (Phi) is 11.8. The molecule has 0 radical (unpaired) electrons. The summed E-state index contributed by atoms with van der Waals surface area (Å²) in [6.07, 6.45) is 0. The molecule has 2 aromatic carbocycles. The predicted octanol–water partition coefficient (Wildman–Crippen LogP) is -2.54. The van der Waals surface area contributed by atoms with Crippen LogP contribution >= 0.6 is 7.82 Å². The SMILES string of the molecule is O=P(O)(O)O.[O]=[W](=[O])[O-].c1ccc([I+]c2ccccc2)cc1. The van der Waals surface area contributed by atoms with E-state index in [9.17, 15) is 0 Å². The van der Waals surface area contributed by atoms with Crippen LogP contribution in [0.25, 0.3) is 0 Å². The van der Waals surface area contributed by atoms with Crippen LogP contribution in [0.3, 0.4) is 0 Å². The molecule has 0 aliphatic heterocycles. The summed E-state index contributed by atoms with van der Waals surface area (Å²) in [6, 6.07) is 21.4. The van der Waals surface area contributed by atoms with Gasteiger partial charge in [0.05, 0.1) is 0 Å². The molecule has 0 aliphatic carbocycles. The van der Waals surface area contributed by atoms with E-state index in [1.807, 2.05) is 0 Å². The maximum Gasteiger partial charge on any atom is 0.357 e. The van der Waals surface area contributed by atoms with Crippen molar-refractivity contribution in [3.8, 4) is 0 Å². The van der Waals surface area contributed by atoms with Gasteiger partial charge in [0.15, 0.2) is 7.14 Å². The fraction of sp³-hybridized carbons (Fsp3) is 0. The van der Waals surface area contributed by atoms with Crippen LogP contribution < -0.4 is 25.0 Å². The maximum atomic E-state index is 8.88. The first kappa shape index (κ1) is 21.5. The topological polar surface area (TPSA) is 135 Å². The minimum atomic E-state index is -4.64. The molecule has 0 fully saturated rings. The molecule has 0 aliphatic rings. The van der Waals surface area contributed by atoms with Gasteiger partial charge in [0.1, 0.15) is 0 Å². The Morgan fingerprint density at radius 3 is 1.27 bits per heavy atom. The van der Waals surface area contributed by atoms with Crippen molar-refractivity contribution in [2.24, 2.45) is 0 Å². The summed E-state index contributed by atoms with van der Waals surface area (Å²) < 4.78 is 37.7. The molecule has 0 saturated carbocycles. The Labute approximate surface area is 143 Å². The van der Waals surface area contributed by atoms with Crippen molar-refractivity contribution in [1.29, 1.82) is 0 Å². The van der Waals surface area contributed by atoms with Gasteiger partial charge < -0.3 is 14.7 Å². The summed E-state index contributed by atoms with van der Waals surface area (Å²) in [6.45, 7) is 0. The summed E-state index contributed by atoms with van der Waals surface area (Å²) >= 11 is -4.25. The Bertz CT molecular complexity index is 589. The van der Waals surface area contributed by atoms with Crippen molar-refractivity contribution in [1.82, 2.24) is 0 Å². The quantitative estimate of drug-likeness (QED) is 0.252. The molecule has 3 N–H and O–H groups in total. The van der Waals surface area contributed by atoms with Gasteiger partial charge in [0, 0.05) is 0 Å². The largest absolute Gasteiger partial charge is 0.357 e. The van der Waals surface area contributed by atoms with Gasteiger partial charge in [-0.25, -0.2) is 4.57 Å². The van der Waals surface area contributed by atoms with Crippen molar-refractivity contribution in [2.75, 3.05) is 0 Å². The molecule has 0 unspecified atom stereocenters. The molecule has 0 saturated heterocycles. The molecule has 22 heavy (non-hydrogen) atoms. The second-order valence-corrected chi connectivity index (χ2v) is 8.93. The molecule has 7 nitrogen and oxygen atoms in total.